The molecule has 3 N–H and O–H groups in total. The summed E-state index contributed by atoms with van der Waals surface area (Å²) in [6.45, 7) is 0. The SMILES string of the molecule is O=C(O)c1cnc(Cl)cc1NC1CCCC1O. The van der Waals surface area contributed by atoms with Gasteiger partial charge in [-0.25, -0.2) is 9.78 Å². The predicted octanol–water partition coefficient (Wildman–Crippen LogP) is 1.76. The summed E-state index contributed by atoms with van der Waals surface area (Å²) in [5.74, 6) is -1.07. The Balaban J connectivity index is 2.24. The van der Waals surface area contributed by atoms with E-state index in [0.717, 1.165) is 19.3 Å². The van der Waals surface area contributed by atoms with Crippen molar-refractivity contribution in [3.05, 3.63) is 23.0 Å². The first kappa shape index (κ1) is 12.1. The zero-order valence-corrected chi connectivity index (χ0v) is 9.81. The number of aromatic nitrogens is 1. The van der Waals surface area contributed by atoms with Gasteiger partial charge in [-0.2, -0.15) is 0 Å². The summed E-state index contributed by atoms with van der Waals surface area (Å²) in [6, 6.07) is 1.35. The van der Waals surface area contributed by atoms with E-state index in [0.29, 0.717) is 5.69 Å². The summed E-state index contributed by atoms with van der Waals surface area (Å²) < 4.78 is 0. The minimum absolute atomic E-state index is 0.0634. The molecule has 2 atom stereocenters. The molecule has 0 aromatic carbocycles. The van der Waals surface area contributed by atoms with Crippen LogP contribution in [0.3, 0.4) is 0 Å². The molecule has 0 radical (unpaired) electrons. The third-order valence-electron chi connectivity index (χ3n) is 2.92. The minimum Gasteiger partial charge on any atom is -0.478 e. The number of hydrogen-bond acceptors (Lipinski definition) is 4. The lowest BCUT2D eigenvalue weighted by atomic mass is 10.1. The molecule has 1 heterocycles. The van der Waals surface area contributed by atoms with Crippen LogP contribution in [0.15, 0.2) is 12.3 Å². The van der Waals surface area contributed by atoms with Gasteiger partial charge in [-0.15, -0.1) is 0 Å². The molecule has 0 spiro atoms. The standard InChI is InChI=1S/C11H13ClN2O3/c12-10-4-8(6(5-13-10)11(16)17)14-7-2-1-3-9(7)15/h4-5,7,9,15H,1-3H2,(H,13,14)(H,16,17). The number of pyridine rings is 1. The van der Waals surface area contributed by atoms with Crippen LogP contribution in [0.2, 0.25) is 5.15 Å². The average Bonchev–Trinajstić information content (AvgIpc) is 2.64. The van der Waals surface area contributed by atoms with Gasteiger partial charge in [0, 0.05) is 6.20 Å². The Kier molecular flexibility index (Phi) is 3.49. The maximum absolute atomic E-state index is 11.0. The predicted molar refractivity (Wildman–Crippen MR) is 63.5 cm³/mol. The Morgan fingerprint density at radius 1 is 1.53 bits per heavy atom. The van der Waals surface area contributed by atoms with Crippen LogP contribution in [0.4, 0.5) is 5.69 Å². The first-order chi connectivity index (χ1) is 8.08. The van der Waals surface area contributed by atoms with Crippen molar-refractivity contribution >= 4 is 23.3 Å². The van der Waals surface area contributed by atoms with Crippen LogP contribution in [0, 0.1) is 0 Å². The van der Waals surface area contributed by atoms with E-state index in [1.807, 2.05) is 0 Å². The van der Waals surface area contributed by atoms with Gasteiger partial charge >= 0.3 is 5.97 Å². The summed E-state index contributed by atoms with van der Waals surface area (Å²) in [7, 11) is 0. The molecule has 0 aliphatic heterocycles. The molecule has 1 saturated carbocycles. The zero-order chi connectivity index (χ0) is 12.4. The van der Waals surface area contributed by atoms with Crippen molar-refractivity contribution < 1.29 is 15.0 Å². The van der Waals surface area contributed by atoms with Crippen molar-refractivity contribution in [3.8, 4) is 0 Å². The first-order valence-electron chi connectivity index (χ1n) is 5.41. The number of hydrogen-bond donors (Lipinski definition) is 3. The van der Waals surface area contributed by atoms with Crippen molar-refractivity contribution in [1.82, 2.24) is 4.98 Å². The van der Waals surface area contributed by atoms with Crippen LogP contribution in [-0.4, -0.2) is 33.3 Å². The molecule has 1 aromatic rings. The number of carboxylic acids is 1. The van der Waals surface area contributed by atoms with Crippen LogP contribution in [0.25, 0.3) is 0 Å². The highest BCUT2D eigenvalue weighted by atomic mass is 35.5. The second-order valence-electron chi connectivity index (χ2n) is 4.11. The molecule has 17 heavy (non-hydrogen) atoms. The van der Waals surface area contributed by atoms with Crippen molar-refractivity contribution in [3.63, 3.8) is 0 Å². The molecule has 2 rings (SSSR count). The van der Waals surface area contributed by atoms with Gasteiger partial charge in [0.1, 0.15) is 10.7 Å². The van der Waals surface area contributed by atoms with Crippen molar-refractivity contribution in [2.45, 2.75) is 31.4 Å². The molecule has 1 aromatic heterocycles. The van der Waals surface area contributed by atoms with Crippen LogP contribution in [0.5, 0.6) is 0 Å². The fraction of sp³-hybridized carbons (Fsp3) is 0.455. The number of halogens is 1. The van der Waals surface area contributed by atoms with E-state index in [4.69, 9.17) is 16.7 Å². The summed E-state index contributed by atoms with van der Waals surface area (Å²) >= 11 is 5.74. The molecule has 5 nitrogen and oxygen atoms in total. The van der Waals surface area contributed by atoms with E-state index in [2.05, 4.69) is 10.3 Å². The van der Waals surface area contributed by atoms with Gasteiger partial charge < -0.3 is 15.5 Å². The number of aliphatic hydroxyl groups excluding tert-OH is 1. The molecule has 1 aliphatic rings. The maximum Gasteiger partial charge on any atom is 0.339 e. The molecule has 0 bridgehead atoms. The van der Waals surface area contributed by atoms with Crippen molar-refractivity contribution in [2.24, 2.45) is 0 Å². The van der Waals surface area contributed by atoms with E-state index >= 15 is 0 Å². The molecular formula is C11H13ClN2O3. The number of nitrogens with one attached hydrogen (secondary N) is 1. The number of anilines is 1. The van der Waals surface area contributed by atoms with Gasteiger partial charge in [-0.05, 0) is 25.3 Å². The average molecular weight is 257 g/mol. The van der Waals surface area contributed by atoms with Crippen LogP contribution in [0.1, 0.15) is 29.6 Å². The highest BCUT2D eigenvalue weighted by molar-refractivity contribution is 6.29. The number of aromatic carboxylic acids is 1. The van der Waals surface area contributed by atoms with Crippen molar-refractivity contribution in [1.29, 1.82) is 0 Å². The highest BCUT2D eigenvalue weighted by Gasteiger charge is 2.26. The lowest BCUT2D eigenvalue weighted by Gasteiger charge is -2.19. The van der Waals surface area contributed by atoms with Gasteiger partial charge in [0.2, 0.25) is 0 Å². The van der Waals surface area contributed by atoms with Crippen LogP contribution in [-0.2, 0) is 0 Å². The largest absolute Gasteiger partial charge is 0.478 e. The fourth-order valence-corrected chi connectivity index (χ4v) is 2.19. The van der Waals surface area contributed by atoms with Gasteiger partial charge in [0.15, 0.2) is 0 Å². The number of nitrogens with zero attached hydrogens (tertiary/aromatic N) is 1. The molecule has 0 saturated heterocycles. The van der Waals surface area contributed by atoms with Crippen LogP contribution >= 0.6 is 11.6 Å². The number of carboxylic acid groups (broad SMARTS) is 1. The second kappa shape index (κ2) is 4.89. The second-order valence-corrected chi connectivity index (χ2v) is 4.49. The Bertz CT molecular complexity index is 439. The minimum atomic E-state index is -1.07. The van der Waals surface area contributed by atoms with Gasteiger partial charge in [0.05, 0.1) is 17.8 Å². The number of carbonyl (C=O) groups is 1. The van der Waals surface area contributed by atoms with E-state index in [-0.39, 0.29) is 16.8 Å². The smallest absolute Gasteiger partial charge is 0.339 e. The first-order valence-corrected chi connectivity index (χ1v) is 5.79. The molecule has 6 heteroatoms. The number of rotatable bonds is 3. The zero-order valence-electron chi connectivity index (χ0n) is 9.06. The fourth-order valence-electron chi connectivity index (χ4n) is 2.03. The van der Waals surface area contributed by atoms with E-state index in [1.54, 1.807) is 0 Å². The molecule has 1 aliphatic carbocycles. The Hall–Kier alpha value is -1.33. The maximum atomic E-state index is 11.0. The van der Waals surface area contributed by atoms with Gasteiger partial charge in [-0.3, -0.25) is 0 Å². The molecule has 92 valence electrons. The molecule has 1 fully saturated rings. The van der Waals surface area contributed by atoms with Gasteiger partial charge in [-0.1, -0.05) is 11.6 Å². The quantitative estimate of drug-likeness (QED) is 0.718. The summed E-state index contributed by atoms with van der Waals surface area (Å²) in [6.07, 6.45) is 3.26. The van der Waals surface area contributed by atoms with E-state index in [9.17, 15) is 9.90 Å². The third-order valence-corrected chi connectivity index (χ3v) is 3.13. The third kappa shape index (κ3) is 2.68. The molecule has 0 amide bonds. The normalized spacial score (nSPS) is 23.6. The van der Waals surface area contributed by atoms with E-state index < -0.39 is 12.1 Å². The highest BCUT2D eigenvalue weighted by Crippen LogP contribution is 2.26. The topological polar surface area (TPSA) is 82.5 Å². The lowest BCUT2D eigenvalue weighted by molar-refractivity contribution is 0.0697. The Labute approximate surface area is 103 Å². The van der Waals surface area contributed by atoms with E-state index in [1.165, 1.54) is 12.3 Å². The summed E-state index contributed by atoms with van der Waals surface area (Å²) in [5, 5.41) is 22.0. The number of aliphatic hydroxyl groups is 1. The Morgan fingerprint density at radius 3 is 2.88 bits per heavy atom. The van der Waals surface area contributed by atoms with Crippen molar-refractivity contribution in [2.75, 3.05) is 5.32 Å². The molecular weight excluding hydrogens is 244 g/mol. The summed E-state index contributed by atoms with van der Waals surface area (Å²) in [5.41, 5.74) is 0.469. The lowest BCUT2D eigenvalue weighted by Crippen LogP contribution is -2.28. The molecule has 2 unspecified atom stereocenters. The Morgan fingerprint density at radius 2 is 2.29 bits per heavy atom. The summed E-state index contributed by atoms with van der Waals surface area (Å²) in [4.78, 5) is 14.7. The van der Waals surface area contributed by atoms with Crippen LogP contribution < -0.4 is 5.32 Å². The van der Waals surface area contributed by atoms with Gasteiger partial charge in [0.25, 0.3) is 0 Å². The monoisotopic (exact) mass is 256 g/mol.